The third-order valence-electron chi connectivity index (χ3n) is 5.87. The van der Waals surface area contributed by atoms with E-state index in [0.717, 1.165) is 15.0 Å². The van der Waals surface area contributed by atoms with Crippen LogP contribution < -0.4 is 0 Å². The molecule has 2 heterocycles. The minimum absolute atomic E-state index is 0.131. The van der Waals surface area contributed by atoms with Gasteiger partial charge in [0.15, 0.2) is 17.5 Å². The molecular formula is C23H20F6N4O4S. The Labute approximate surface area is 213 Å². The van der Waals surface area contributed by atoms with Crippen molar-refractivity contribution in [3.8, 4) is 0 Å². The Morgan fingerprint density at radius 2 is 1.68 bits per heavy atom. The van der Waals surface area contributed by atoms with Crippen LogP contribution in [0.2, 0.25) is 0 Å². The molecule has 0 fully saturated rings. The van der Waals surface area contributed by atoms with Gasteiger partial charge in [-0.1, -0.05) is 17.7 Å². The van der Waals surface area contributed by atoms with Crippen molar-refractivity contribution in [1.82, 2.24) is 19.7 Å². The standard InChI is InChI=1S/C23H20F6N4O4S/c1-13-2-4-16(5-3-13)38(35,36)37-15(8-14-9-18(25)19(26)11-17(14)24)10-21(34)32-6-7-33-20(12-32)30-31-22(33)23(27,28)29/h2-5,9,11,15H,6-8,10,12H2,1H3. The van der Waals surface area contributed by atoms with Gasteiger partial charge in [-0.25, -0.2) is 13.2 Å². The normalized spacial score (nSPS) is 14.9. The van der Waals surface area contributed by atoms with E-state index in [1.54, 1.807) is 6.92 Å². The van der Waals surface area contributed by atoms with Crippen LogP contribution in [-0.4, -0.2) is 46.6 Å². The number of hydrogen-bond acceptors (Lipinski definition) is 6. The minimum Gasteiger partial charge on any atom is -0.333 e. The van der Waals surface area contributed by atoms with E-state index >= 15 is 0 Å². The molecule has 0 bridgehead atoms. The van der Waals surface area contributed by atoms with Crippen LogP contribution in [0, 0.1) is 24.4 Å². The predicted molar refractivity (Wildman–Crippen MR) is 118 cm³/mol. The highest BCUT2D eigenvalue weighted by molar-refractivity contribution is 7.86. The maximum Gasteiger partial charge on any atom is 0.451 e. The molecule has 8 nitrogen and oxygen atoms in total. The number of hydrogen-bond donors (Lipinski definition) is 0. The van der Waals surface area contributed by atoms with Gasteiger partial charge in [-0.2, -0.15) is 21.6 Å². The van der Waals surface area contributed by atoms with E-state index in [1.807, 2.05) is 0 Å². The van der Waals surface area contributed by atoms with Crippen molar-refractivity contribution in [3.63, 3.8) is 0 Å². The average Bonchev–Trinajstić information content (AvgIpc) is 3.26. The number of alkyl halides is 3. The highest BCUT2D eigenvalue weighted by Crippen LogP contribution is 2.30. The Balaban J connectivity index is 1.57. The molecule has 204 valence electrons. The molecule has 15 heteroatoms. The number of carbonyl (C=O) groups is 1. The summed E-state index contributed by atoms with van der Waals surface area (Å²) >= 11 is 0. The van der Waals surface area contributed by atoms with Crippen molar-refractivity contribution >= 4 is 16.0 Å². The second-order valence-electron chi connectivity index (χ2n) is 8.66. The minimum atomic E-state index is -4.74. The average molecular weight is 562 g/mol. The quantitative estimate of drug-likeness (QED) is 0.247. The fourth-order valence-corrected chi connectivity index (χ4v) is 5.02. The molecule has 0 saturated carbocycles. The van der Waals surface area contributed by atoms with Gasteiger partial charge in [-0.15, -0.1) is 10.2 Å². The Morgan fingerprint density at radius 1 is 1.03 bits per heavy atom. The lowest BCUT2D eigenvalue weighted by Crippen LogP contribution is -2.41. The first-order valence-electron chi connectivity index (χ1n) is 11.1. The molecule has 2 aromatic carbocycles. The summed E-state index contributed by atoms with van der Waals surface area (Å²) in [5, 5.41) is 6.61. The number of rotatable bonds is 7. The van der Waals surface area contributed by atoms with E-state index in [9.17, 15) is 39.6 Å². The summed E-state index contributed by atoms with van der Waals surface area (Å²) in [4.78, 5) is 13.9. The maximum atomic E-state index is 14.3. The number of amides is 1. The van der Waals surface area contributed by atoms with Crippen molar-refractivity contribution in [2.75, 3.05) is 6.54 Å². The summed E-state index contributed by atoms with van der Waals surface area (Å²) in [6, 6.07) is 6.35. The lowest BCUT2D eigenvalue weighted by molar-refractivity contribution is -0.148. The van der Waals surface area contributed by atoms with Crippen molar-refractivity contribution in [2.24, 2.45) is 0 Å². The summed E-state index contributed by atoms with van der Waals surface area (Å²) < 4.78 is 113. The molecule has 0 N–H and O–H groups in total. The molecule has 1 aliphatic heterocycles. The molecule has 0 radical (unpaired) electrons. The molecule has 0 saturated heterocycles. The van der Waals surface area contributed by atoms with Crippen LogP contribution in [0.15, 0.2) is 41.3 Å². The van der Waals surface area contributed by atoms with Crippen LogP contribution in [0.1, 0.15) is 29.2 Å². The molecule has 0 spiro atoms. The fraction of sp³-hybridized carbons (Fsp3) is 0.348. The van der Waals surface area contributed by atoms with E-state index in [0.29, 0.717) is 6.07 Å². The monoisotopic (exact) mass is 562 g/mol. The number of fused-ring (bicyclic) bond motifs is 1. The van der Waals surface area contributed by atoms with Gasteiger partial charge in [0.25, 0.3) is 10.1 Å². The number of nitrogens with zero attached hydrogens (tertiary/aromatic N) is 4. The van der Waals surface area contributed by atoms with E-state index < -0.39 is 70.0 Å². The second kappa shape index (κ2) is 10.4. The first-order chi connectivity index (χ1) is 17.7. The van der Waals surface area contributed by atoms with E-state index in [4.69, 9.17) is 4.18 Å². The third kappa shape index (κ3) is 5.99. The Kier molecular flexibility index (Phi) is 7.52. The van der Waals surface area contributed by atoms with E-state index in [2.05, 4.69) is 10.2 Å². The molecule has 1 atom stereocenters. The zero-order chi connectivity index (χ0) is 27.8. The van der Waals surface area contributed by atoms with Crippen molar-refractivity contribution < 1.29 is 43.7 Å². The highest BCUT2D eigenvalue weighted by atomic mass is 32.2. The molecule has 1 unspecified atom stereocenters. The number of aryl methyl sites for hydroxylation is 1. The van der Waals surface area contributed by atoms with Gasteiger partial charge in [-0.05, 0) is 30.7 Å². The molecule has 4 rings (SSSR count). The van der Waals surface area contributed by atoms with Gasteiger partial charge in [0, 0.05) is 25.6 Å². The first kappa shape index (κ1) is 27.6. The molecule has 38 heavy (non-hydrogen) atoms. The van der Waals surface area contributed by atoms with Crippen LogP contribution in [0.25, 0.3) is 0 Å². The van der Waals surface area contributed by atoms with Crippen LogP contribution in [-0.2, 0) is 44.8 Å². The smallest absolute Gasteiger partial charge is 0.333 e. The van der Waals surface area contributed by atoms with Gasteiger partial charge in [0.05, 0.1) is 24.0 Å². The SMILES string of the molecule is Cc1ccc(S(=O)(=O)OC(CC(=O)N2CCn3c(nnc3C(F)(F)F)C2)Cc2cc(F)c(F)cc2F)cc1. The maximum absolute atomic E-state index is 14.3. The molecule has 1 aliphatic rings. The highest BCUT2D eigenvalue weighted by Gasteiger charge is 2.40. The van der Waals surface area contributed by atoms with Crippen LogP contribution >= 0.6 is 0 Å². The van der Waals surface area contributed by atoms with Crippen LogP contribution in [0.5, 0.6) is 0 Å². The molecule has 1 amide bonds. The van der Waals surface area contributed by atoms with Crippen molar-refractivity contribution in [3.05, 3.63) is 76.6 Å². The lowest BCUT2D eigenvalue weighted by Gasteiger charge is -2.29. The largest absolute Gasteiger partial charge is 0.451 e. The van der Waals surface area contributed by atoms with Gasteiger partial charge < -0.3 is 9.47 Å². The number of halogens is 6. The van der Waals surface area contributed by atoms with E-state index in [1.165, 1.54) is 24.3 Å². The van der Waals surface area contributed by atoms with Crippen LogP contribution in [0.4, 0.5) is 26.3 Å². The van der Waals surface area contributed by atoms with E-state index in [-0.39, 0.29) is 36.4 Å². The Bertz CT molecular complexity index is 1460. The second-order valence-corrected chi connectivity index (χ2v) is 10.2. The summed E-state index contributed by atoms with van der Waals surface area (Å²) in [6.45, 7) is 0.929. The summed E-state index contributed by atoms with van der Waals surface area (Å²) in [6.07, 6.45) is -7.58. The van der Waals surface area contributed by atoms with Crippen molar-refractivity contribution in [2.45, 2.75) is 50.0 Å². The lowest BCUT2D eigenvalue weighted by atomic mass is 10.0. The van der Waals surface area contributed by atoms with Gasteiger partial charge in [0.1, 0.15) is 5.82 Å². The van der Waals surface area contributed by atoms with Gasteiger partial charge in [-0.3, -0.25) is 8.98 Å². The van der Waals surface area contributed by atoms with Crippen LogP contribution in [0.3, 0.4) is 0 Å². The topological polar surface area (TPSA) is 94.4 Å². The predicted octanol–water partition coefficient (Wildman–Crippen LogP) is 3.77. The third-order valence-corrected chi connectivity index (χ3v) is 7.25. The Morgan fingerprint density at radius 3 is 2.34 bits per heavy atom. The number of benzene rings is 2. The number of carbonyl (C=O) groups excluding carboxylic acids is 1. The fourth-order valence-electron chi connectivity index (χ4n) is 3.95. The first-order valence-corrected chi connectivity index (χ1v) is 12.6. The molecule has 1 aromatic heterocycles. The zero-order valence-electron chi connectivity index (χ0n) is 19.7. The summed E-state index contributed by atoms with van der Waals surface area (Å²) in [5.41, 5.74) is 0.320. The van der Waals surface area contributed by atoms with Gasteiger partial charge in [0.2, 0.25) is 11.7 Å². The zero-order valence-corrected chi connectivity index (χ0v) is 20.5. The number of aromatic nitrogens is 3. The Hall–Kier alpha value is -3.46. The summed E-state index contributed by atoms with van der Waals surface area (Å²) in [5.74, 6) is -6.10. The molecular weight excluding hydrogens is 542 g/mol. The van der Waals surface area contributed by atoms with Gasteiger partial charge >= 0.3 is 6.18 Å². The summed E-state index contributed by atoms with van der Waals surface area (Å²) in [7, 11) is -4.48. The molecule has 0 aliphatic carbocycles. The van der Waals surface area contributed by atoms with Crippen molar-refractivity contribution in [1.29, 1.82) is 0 Å². The molecule has 3 aromatic rings.